The fourth-order valence-corrected chi connectivity index (χ4v) is 2.05. The minimum atomic E-state index is -0.707. The van der Waals surface area contributed by atoms with Crippen LogP contribution in [0.3, 0.4) is 0 Å². The fraction of sp³-hybridized carbons (Fsp3) is 0.500. The van der Waals surface area contributed by atoms with Crippen molar-refractivity contribution in [2.75, 3.05) is 6.61 Å². The molecule has 0 saturated heterocycles. The van der Waals surface area contributed by atoms with Gasteiger partial charge in [0.2, 0.25) is 0 Å². The molecule has 0 bridgehead atoms. The first kappa shape index (κ1) is 7.91. The lowest BCUT2D eigenvalue weighted by molar-refractivity contribution is -0.140. The smallest absolute Gasteiger partial charge is 0.314 e. The summed E-state index contributed by atoms with van der Waals surface area (Å²) >= 11 is 0. The molecule has 0 radical (unpaired) electrons. The molecule has 1 aromatic rings. The first-order chi connectivity index (χ1) is 6.72. The highest BCUT2D eigenvalue weighted by Crippen LogP contribution is 2.49. The Labute approximate surface area is 81.1 Å². The Hall–Kier alpha value is -1.45. The summed E-state index contributed by atoms with van der Waals surface area (Å²) in [7, 11) is 0. The number of ether oxygens (including phenoxy) is 1. The number of nitrogens with zero attached hydrogens (tertiary/aromatic N) is 1. The molecule has 4 heteroatoms. The molecule has 1 N–H and O–H groups in total. The van der Waals surface area contributed by atoms with Crippen molar-refractivity contribution in [1.82, 2.24) is 4.57 Å². The van der Waals surface area contributed by atoms with Gasteiger partial charge in [0.1, 0.15) is 6.61 Å². The zero-order valence-corrected chi connectivity index (χ0v) is 7.69. The average Bonchev–Trinajstić information content (AvgIpc) is 2.67. The summed E-state index contributed by atoms with van der Waals surface area (Å²) in [6.45, 7) is 1.54. The lowest BCUT2D eigenvalue weighted by Crippen LogP contribution is -2.18. The number of carboxylic acids is 1. The normalized spacial score (nSPS) is 21.4. The Kier molecular flexibility index (Phi) is 1.31. The van der Waals surface area contributed by atoms with Gasteiger partial charge in [0.15, 0.2) is 5.88 Å². The molecule has 0 amide bonds. The predicted molar refractivity (Wildman–Crippen MR) is 48.5 cm³/mol. The lowest BCUT2D eigenvalue weighted by atomic mass is 10.00. The number of aliphatic carboxylic acids is 1. The van der Waals surface area contributed by atoms with E-state index >= 15 is 0 Å². The van der Waals surface area contributed by atoms with E-state index in [0.717, 1.165) is 30.8 Å². The summed E-state index contributed by atoms with van der Waals surface area (Å²) in [4.78, 5) is 11.1. The summed E-state index contributed by atoms with van der Waals surface area (Å²) in [5.41, 5.74) is 0.306. The van der Waals surface area contributed by atoms with Crippen LogP contribution in [-0.4, -0.2) is 22.2 Å². The van der Waals surface area contributed by atoms with Crippen molar-refractivity contribution < 1.29 is 14.6 Å². The second-order valence-corrected chi connectivity index (χ2v) is 4.00. The van der Waals surface area contributed by atoms with Crippen molar-refractivity contribution in [2.45, 2.75) is 24.8 Å². The number of fused-ring (bicyclic) bond motifs is 1. The van der Waals surface area contributed by atoms with Gasteiger partial charge in [-0.15, -0.1) is 0 Å². The van der Waals surface area contributed by atoms with Crippen LogP contribution in [-0.2, 0) is 16.8 Å². The number of carboxylic acid groups (broad SMARTS) is 1. The van der Waals surface area contributed by atoms with Crippen LogP contribution >= 0.6 is 0 Å². The van der Waals surface area contributed by atoms with E-state index in [0.29, 0.717) is 6.61 Å². The highest BCUT2D eigenvalue weighted by molar-refractivity contribution is 5.85. The molecule has 0 unspecified atom stereocenters. The third kappa shape index (κ3) is 0.855. The third-order valence-electron chi connectivity index (χ3n) is 3.15. The molecule has 0 atom stereocenters. The molecule has 1 aliphatic carbocycles. The van der Waals surface area contributed by atoms with Crippen LogP contribution in [0, 0.1) is 0 Å². The maximum atomic E-state index is 11.1. The predicted octanol–water partition coefficient (Wildman–Crippen LogP) is 0.997. The summed E-state index contributed by atoms with van der Waals surface area (Å²) in [6.07, 6.45) is 3.43. The van der Waals surface area contributed by atoms with Crippen LogP contribution in [0.5, 0.6) is 5.88 Å². The zero-order chi connectivity index (χ0) is 9.76. The molecule has 1 fully saturated rings. The van der Waals surface area contributed by atoms with Gasteiger partial charge in [-0.05, 0) is 18.4 Å². The summed E-state index contributed by atoms with van der Waals surface area (Å²) in [5.74, 6) is 0.106. The summed E-state index contributed by atoms with van der Waals surface area (Å²) < 4.78 is 7.34. The van der Waals surface area contributed by atoms with Crippen LogP contribution in [0.2, 0.25) is 0 Å². The topological polar surface area (TPSA) is 51.5 Å². The van der Waals surface area contributed by atoms with Gasteiger partial charge in [-0.25, -0.2) is 0 Å². The molecule has 4 nitrogen and oxygen atoms in total. The summed E-state index contributed by atoms with van der Waals surface area (Å²) in [6, 6.07) is 1.87. The van der Waals surface area contributed by atoms with Gasteiger partial charge in [-0.2, -0.15) is 0 Å². The molecule has 74 valence electrons. The van der Waals surface area contributed by atoms with Crippen molar-refractivity contribution in [3.8, 4) is 5.88 Å². The van der Waals surface area contributed by atoms with Crippen molar-refractivity contribution in [2.24, 2.45) is 0 Å². The first-order valence-corrected chi connectivity index (χ1v) is 4.79. The number of hydrogen-bond donors (Lipinski definition) is 1. The number of hydrogen-bond acceptors (Lipinski definition) is 2. The molecule has 1 saturated carbocycles. The van der Waals surface area contributed by atoms with E-state index in [-0.39, 0.29) is 0 Å². The van der Waals surface area contributed by atoms with Gasteiger partial charge < -0.3 is 14.4 Å². The number of carbonyl (C=O) groups is 1. The minimum absolute atomic E-state index is 0.597. The van der Waals surface area contributed by atoms with Crippen LogP contribution in [0.25, 0.3) is 0 Å². The quantitative estimate of drug-likeness (QED) is 0.762. The standard InChI is InChI=1S/C10H11NO3/c12-9(13)10(1-2-10)7-5-8-11(6-7)3-4-14-8/h5-6H,1-4H2,(H,12,13). The Morgan fingerprint density at radius 3 is 2.93 bits per heavy atom. The van der Waals surface area contributed by atoms with E-state index in [4.69, 9.17) is 9.84 Å². The lowest BCUT2D eigenvalue weighted by Gasteiger charge is -2.05. The molecule has 14 heavy (non-hydrogen) atoms. The maximum absolute atomic E-state index is 11.1. The second kappa shape index (κ2) is 2.32. The Morgan fingerprint density at radius 2 is 2.36 bits per heavy atom. The van der Waals surface area contributed by atoms with Crippen molar-refractivity contribution in [1.29, 1.82) is 0 Å². The SMILES string of the molecule is O=C(O)C1(c2cc3n(c2)CCO3)CC1. The van der Waals surface area contributed by atoms with Crippen LogP contribution in [0.15, 0.2) is 12.3 Å². The first-order valence-electron chi connectivity index (χ1n) is 4.79. The highest BCUT2D eigenvalue weighted by atomic mass is 16.5. The molecular formula is C10H11NO3. The monoisotopic (exact) mass is 193 g/mol. The second-order valence-electron chi connectivity index (χ2n) is 4.00. The van der Waals surface area contributed by atoms with E-state index in [1.54, 1.807) is 0 Å². The molecule has 3 rings (SSSR count). The van der Waals surface area contributed by atoms with Gasteiger partial charge in [-0.3, -0.25) is 4.79 Å². The molecule has 2 aliphatic rings. The molecule has 2 heterocycles. The molecular weight excluding hydrogens is 182 g/mol. The Balaban J connectivity index is 2.01. The van der Waals surface area contributed by atoms with Crippen LogP contribution in [0.4, 0.5) is 0 Å². The van der Waals surface area contributed by atoms with E-state index in [1.165, 1.54) is 0 Å². The van der Waals surface area contributed by atoms with E-state index in [9.17, 15) is 4.79 Å². The minimum Gasteiger partial charge on any atom is -0.481 e. The molecule has 1 aromatic heterocycles. The molecule has 1 aliphatic heterocycles. The fourth-order valence-electron chi connectivity index (χ4n) is 2.05. The van der Waals surface area contributed by atoms with Crippen molar-refractivity contribution in [3.05, 3.63) is 17.8 Å². The van der Waals surface area contributed by atoms with E-state index in [1.807, 2.05) is 16.8 Å². The van der Waals surface area contributed by atoms with Crippen LogP contribution < -0.4 is 4.74 Å². The average molecular weight is 193 g/mol. The Morgan fingerprint density at radius 1 is 1.57 bits per heavy atom. The zero-order valence-electron chi connectivity index (χ0n) is 7.69. The van der Waals surface area contributed by atoms with Crippen molar-refractivity contribution in [3.63, 3.8) is 0 Å². The van der Waals surface area contributed by atoms with Gasteiger partial charge in [0, 0.05) is 12.3 Å². The van der Waals surface area contributed by atoms with Gasteiger partial charge >= 0.3 is 5.97 Å². The van der Waals surface area contributed by atoms with E-state index < -0.39 is 11.4 Å². The Bertz CT molecular complexity index is 382. The maximum Gasteiger partial charge on any atom is 0.314 e. The summed E-state index contributed by atoms with van der Waals surface area (Å²) in [5, 5.41) is 9.10. The van der Waals surface area contributed by atoms with E-state index in [2.05, 4.69) is 0 Å². The van der Waals surface area contributed by atoms with Gasteiger partial charge in [-0.1, -0.05) is 0 Å². The largest absolute Gasteiger partial charge is 0.481 e. The highest BCUT2D eigenvalue weighted by Gasteiger charge is 2.52. The third-order valence-corrected chi connectivity index (χ3v) is 3.15. The van der Waals surface area contributed by atoms with Crippen LogP contribution in [0.1, 0.15) is 18.4 Å². The van der Waals surface area contributed by atoms with Gasteiger partial charge in [0.25, 0.3) is 0 Å². The molecule has 0 aromatic carbocycles. The van der Waals surface area contributed by atoms with Gasteiger partial charge in [0.05, 0.1) is 12.0 Å². The number of rotatable bonds is 2. The number of aromatic nitrogens is 1. The van der Waals surface area contributed by atoms with Crippen molar-refractivity contribution >= 4 is 5.97 Å². The molecule has 0 spiro atoms.